The summed E-state index contributed by atoms with van der Waals surface area (Å²) in [7, 11) is -1.73. The first-order valence-corrected chi connectivity index (χ1v) is 13.0. The molecular formula is C21H36O3Si. The van der Waals surface area contributed by atoms with Crippen LogP contribution in [0.2, 0.25) is 18.1 Å². The maximum atomic E-state index is 11.6. The van der Waals surface area contributed by atoms with Crippen LogP contribution >= 0.6 is 0 Å². The zero-order valence-corrected chi connectivity index (χ0v) is 17.6. The molecule has 0 spiro atoms. The molecule has 2 fully saturated rings. The van der Waals surface area contributed by atoms with Crippen LogP contribution in [0.5, 0.6) is 0 Å². The van der Waals surface area contributed by atoms with Gasteiger partial charge in [-0.25, -0.2) is 0 Å². The molecular weight excluding hydrogens is 328 g/mol. The first-order valence-electron chi connectivity index (χ1n) is 10.1. The summed E-state index contributed by atoms with van der Waals surface area (Å²) < 4.78 is 6.73. The van der Waals surface area contributed by atoms with Gasteiger partial charge in [-0.05, 0) is 73.4 Å². The molecule has 25 heavy (non-hydrogen) atoms. The monoisotopic (exact) mass is 364 g/mol. The zero-order chi connectivity index (χ0) is 18.4. The van der Waals surface area contributed by atoms with Crippen molar-refractivity contribution in [2.75, 3.05) is 6.61 Å². The lowest BCUT2D eigenvalue weighted by atomic mass is 9.71. The predicted molar refractivity (Wildman–Crippen MR) is 104 cm³/mol. The summed E-state index contributed by atoms with van der Waals surface area (Å²) in [5, 5.41) is 9.66. The summed E-state index contributed by atoms with van der Waals surface area (Å²) in [6, 6.07) is 0. The Morgan fingerprint density at radius 2 is 1.88 bits per heavy atom. The van der Waals surface area contributed by atoms with Gasteiger partial charge in [-0.15, -0.1) is 0 Å². The van der Waals surface area contributed by atoms with Gasteiger partial charge in [-0.3, -0.25) is 0 Å². The van der Waals surface area contributed by atoms with Crippen molar-refractivity contribution in [3.63, 3.8) is 0 Å². The Balaban J connectivity index is 1.71. The quantitative estimate of drug-likeness (QED) is 0.446. The third-order valence-corrected chi connectivity index (χ3v) is 12.3. The normalized spacial score (nSPS) is 40.8. The van der Waals surface area contributed by atoms with E-state index in [1.54, 1.807) is 0 Å². The summed E-state index contributed by atoms with van der Waals surface area (Å²) in [6.07, 6.45) is 10.4. The van der Waals surface area contributed by atoms with Crippen molar-refractivity contribution >= 4 is 14.6 Å². The van der Waals surface area contributed by atoms with Crippen LogP contribution in [0.4, 0.5) is 0 Å². The molecule has 142 valence electrons. The van der Waals surface area contributed by atoms with Crippen molar-refractivity contribution in [3.8, 4) is 0 Å². The summed E-state index contributed by atoms with van der Waals surface area (Å²) in [5.41, 5.74) is 0. The number of carbonyl (C=O) groups excluding carboxylic acids is 1. The Kier molecular flexibility index (Phi) is 5.36. The molecule has 0 saturated heterocycles. The number of aliphatic hydroxyl groups excluding tert-OH is 1. The van der Waals surface area contributed by atoms with E-state index >= 15 is 0 Å². The minimum atomic E-state index is -1.73. The fourth-order valence-corrected chi connectivity index (χ4v) is 6.81. The lowest BCUT2D eigenvalue weighted by Gasteiger charge is -2.38. The highest BCUT2D eigenvalue weighted by molar-refractivity contribution is 6.74. The summed E-state index contributed by atoms with van der Waals surface area (Å²) in [4.78, 5) is 11.6. The molecule has 0 aliphatic heterocycles. The lowest BCUT2D eigenvalue weighted by molar-refractivity contribution is -0.112. The Bertz CT molecular complexity index is 522. The fraction of sp³-hybridized carbons (Fsp3) is 0.857. The van der Waals surface area contributed by atoms with Crippen molar-refractivity contribution in [1.82, 2.24) is 0 Å². The van der Waals surface area contributed by atoms with Crippen LogP contribution in [0.25, 0.3) is 0 Å². The van der Waals surface area contributed by atoms with Gasteiger partial charge < -0.3 is 14.3 Å². The van der Waals surface area contributed by atoms with E-state index in [0.717, 1.165) is 32.0 Å². The van der Waals surface area contributed by atoms with Gasteiger partial charge in [0.15, 0.2) is 8.32 Å². The molecule has 0 unspecified atom stereocenters. The van der Waals surface area contributed by atoms with E-state index in [1.807, 2.05) is 0 Å². The molecule has 0 aromatic rings. The topological polar surface area (TPSA) is 46.5 Å². The second-order valence-electron chi connectivity index (χ2n) is 10.1. The molecule has 0 amide bonds. The van der Waals surface area contributed by atoms with Gasteiger partial charge in [0, 0.05) is 18.6 Å². The van der Waals surface area contributed by atoms with Crippen molar-refractivity contribution in [2.45, 2.75) is 70.7 Å². The van der Waals surface area contributed by atoms with Gasteiger partial charge in [-0.1, -0.05) is 32.9 Å². The molecule has 7 atom stereocenters. The molecule has 0 bridgehead atoms. The minimum absolute atomic E-state index is 0.130. The van der Waals surface area contributed by atoms with Gasteiger partial charge in [0.05, 0.1) is 0 Å². The highest BCUT2D eigenvalue weighted by atomic mass is 28.4. The van der Waals surface area contributed by atoms with Crippen LogP contribution in [0.3, 0.4) is 0 Å². The van der Waals surface area contributed by atoms with E-state index in [0.29, 0.717) is 35.7 Å². The van der Waals surface area contributed by atoms with Crippen LogP contribution in [0, 0.1) is 35.5 Å². The van der Waals surface area contributed by atoms with Crippen LogP contribution in [0.15, 0.2) is 12.2 Å². The fourth-order valence-electron chi connectivity index (χ4n) is 5.43. The summed E-state index contributed by atoms with van der Waals surface area (Å²) in [6.45, 7) is 11.8. The first kappa shape index (κ1) is 19.3. The summed E-state index contributed by atoms with van der Waals surface area (Å²) >= 11 is 0. The van der Waals surface area contributed by atoms with Crippen LogP contribution in [-0.4, -0.2) is 32.4 Å². The van der Waals surface area contributed by atoms with Crippen molar-refractivity contribution in [3.05, 3.63) is 12.2 Å². The number of hydrogen-bond donors (Lipinski definition) is 1. The van der Waals surface area contributed by atoms with Crippen molar-refractivity contribution in [2.24, 2.45) is 35.5 Å². The first-order chi connectivity index (χ1) is 11.7. The molecule has 0 aromatic carbocycles. The lowest BCUT2D eigenvalue weighted by Crippen LogP contribution is -2.43. The molecule has 2 saturated carbocycles. The average Bonchev–Trinajstić information content (AvgIpc) is 3.06. The van der Waals surface area contributed by atoms with Crippen molar-refractivity contribution < 1.29 is 14.3 Å². The predicted octanol–water partition coefficient (Wildman–Crippen LogP) is 4.42. The highest BCUT2D eigenvalue weighted by Crippen LogP contribution is 2.56. The largest absolute Gasteiger partial charge is 0.414 e. The van der Waals surface area contributed by atoms with E-state index in [9.17, 15) is 9.90 Å². The van der Waals surface area contributed by atoms with E-state index in [4.69, 9.17) is 4.43 Å². The average molecular weight is 365 g/mol. The van der Waals surface area contributed by atoms with E-state index < -0.39 is 8.32 Å². The van der Waals surface area contributed by atoms with Crippen LogP contribution in [0.1, 0.15) is 46.5 Å². The van der Waals surface area contributed by atoms with Gasteiger partial charge >= 0.3 is 0 Å². The van der Waals surface area contributed by atoms with Crippen LogP contribution < -0.4 is 0 Å². The van der Waals surface area contributed by atoms with E-state index in [-0.39, 0.29) is 17.6 Å². The number of allylic oxidation sites excluding steroid dienone is 2. The maximum Gasteiger partial charge on any atom is 0.192 e. The smallest absolute Gasteiger partial charge is 0.192 e. The van der Waals surface area contributed by atoms with Gasteiger partial charge in [0.2, 0.25) is 0 Å². The molecule has 3 aliphatic rings. The number of fused-ring (bicyclic) bond motifs is 3. The standard InChI is InChI=1S/C21H36O3Si/c1-21(2,3)25(4,5)24-16-10-14-6-7-18-17(8-9-22)15(13-23)11-20(18)19(14)12-16/h6-7,13-20,22H,8-12H2,1-5H3/t14-,15-,16+,17+,18+,19-,20+/m0/s1. The molecule has 0 aromatic heterocycles. The SMILES string of the molecule is CC(C)(C)[Si](C)(C)O[C@H]1C[C@@H]2[C@@H]3C[C@@H](C=O)[C@@H](CCO)[C@H]3C=C[C@H]2C1. The Morgan fingerprint density at radius 1 is 1.16 bits per heavy atom. The molecule has 4 heteroatoms. The third-order valence-electron chi connectivity index (χ3n) is 7.74. The molecule has 0 radical (unpaired) electrons. The maximum absolute atomic E-state index is 11.6. The van der Waals surface area contributed by atoms with Crippen molar-refractivity contribution in [1.29, 1.82) is 0 Å². The molecule has 3 aliphatic carbocycles. The summed E-state index contributed by atoms with van der Waals surface area (Å²) in [5.74, 6) is 2.84. The second-order valence-corrected chi connectivity index (χ2v) is 14.9. The molecule has 3 nitrogen and oxygen atoms in total. The van der Waals surface area contributed by atoms with Gasteiger partial charge in [-0.2, -0.15) is 0 Å². The highest BCUT2D eigenvalue weighted by Gasteiger charge is 2.52. The third kappa shape index (κ3) is 3.54. The van der Waals surface area contributed by atoms with Gasteiger partial charge in [0.1, 0.15) is 6.29 Å². The number of rotatable bonds is 5. The number of aliphatic hydroxyl groups is 1. The molecule has 1 N–H and O–H groups in total. The zero-order valence-electron chi connectivity index (χ0n) is 16.6. The number of carbonyl (C=O) groups is 1. The van der Waals surface area contributed by atoms with E-state index in [1.165, 1.54) is 0 Å². The van der Waals surface area contributed by atoms with Gasteiger partial charge in [0.25, 0.3) is 0 Å². The second kappa shape index (κ2) is 6.93. The van der Waals surface area contributed by atoms with Crippen LogP contribution in [-0.2, 0) is 9.22 Å². The molecule has 3 rings (SSSR count). The Hall–Kier alpha value is -0.453. The van der Waals surface area contributed by atoms with E-state index in [2.05, 4.69) is 46.0 Å². The number of aldehydes is 1. The Labute approximate surface area is 154 Å². The number of hydrogen-bond acceptors (Lipinski definition) is 3. The molecule has 0 heterocycles. The minimum Gasteiger partial charge on any atom is -0.414 e. The Morgan fingerprint density at radius 3 is 2.48 bits per heavy atom.